The summed E-state index contributed by atoms with van der Waals surface area (Å²) in [6.45, 7) is 0.184. The summed E-state index contributed by atoms with van der Waals surface area (Å²) in [7, 11) is 0. The number of rotatable bonds is 7. The van der Waals surface area contributed by atoms with Gasteiger partial charge >= 0.3 is 12.2 Å². The minimum absolute atomic E-state index is 0.160. The lowest BCUT2D eigenvalue weighted by atomic mass is 10.1. The summed E-state index contributed by atoms with van der Waals surface area (Å²) in [5.41, 5.74) is 0. The number of nitrogens with one attached hydrogen (secondary N) is 3. The Labute approximate surface area is 104 Å². The largest absolute Gasteiger partial charge is 0.465 e. The summed E-state index contributed by atoms with van der Waals surface area (Å²) in [6, 6.07) is -0.675. The van der Waals surface area contributed by atoms with Crippen LogP contribution in [0, 0.1) is 0 Å². The molecule has 1 saturated carbocycles. The number of amides is 3. The minimum Gasteiger partial charge on any atom is -0.465 e. The van der Waals surface area contributed by atoms with Gasteiger partial charge in [0.1, 0.15) is 6.04 Å². The Kier molecular flexibility index (Phi) is 5.22. The molecule has 0 radical (unpaired) electrons. The first-order chi connectivity index (χ1) is 8.49. The molecule has 0 aromatic carbocycles. The molecule has 8 heteroatoms. The van der Waals surface area contributed by atoms with Crippen LogP contribution in [0.2, 0.25) is 0 Å². The van der Waals surface area contributed by atoms with Crippen LogP contribution in [0.3, 0.4) is 0 Å². The molecule has 0 aromatic heterocycles. The average Bonchev–Trinajstić information content (AvgIpc) is 3.05. The van der Waals surface area contributed by atoms with E-state index in [1.54, 1.807) is 0 Å². The van der Waals surface area contributed by atoms with Crippen LogP contribution < -0.4 is 16.0 Å². The van der Waals surface area contributed by atoms with Gasteiger partial charge in [0.2, 0.25) is 5.91 Å². The molecule has 1 atom stereocenters. The van der Waals surface area contributed by atoms with Gasteiger partial charge in [-0.25, -0.2) is 9.59 Å². The van der Waals surface area contributed by atoms with Gasteiger partial charge in [0, 0.05) is 12.6 Å². The SMILES string of the molecule is O=C(O)NCCCC(NC(=O)O)C(=O)NC1CC1. The maximum absolute atomic E-state index is 11.7. The molecule has 0 heterocycles. The fourth-order valence-electron chi connectivity index (χ4n) is 1.45. The van der Waals surface area contributed by atoms with Crippen molar-refractivity contribution in [2.75, 3.05) is 6.54 Å². The van der Waals surface area contributed by atoms with Gasteiger partial charge in [0.05, 0.1) is 0 Å². The number of carbonyl (C=O) groups excluding carboxylic acids is 1. The van der Waals surface area contributed by atoms with Crippen LogP contribution in [0.15, 0.2) is 0 Å². The van der Waals surface area contributed by atoms with E-state index in [2.05, 4.69) is 16.0 Å². The van der Waals surface area contributed by atoms with Crippen molar-refractivity contribution in [3.63, 3.8) is 0 Å². The van der Waals surface area contributed by atoms with E-state index in [1.807, 2.05) is 0 Å². The number of hydrogen-bond donors (Lipinski definition) is 5. The lowest BCUT2D eigenvalue weighted by Gasteiger charge is -2.16. The summed E-state index contributed by atoms with van der Waals surface area (Å²) in [6.07, 6.45) is 0.0795. The molecule has 0 spiro atoms. The Morgan fingerprint density at radius 1 is 1.17 bits per heavy atom. The van der Waals surface area contributed by atoms with E-state index in [9.17, 15) is 14.4 Å². The highest BCUT2D eigenvalue weighted by Gasteiger charge is 2.28. The quantitative estimate of drug-likeness (QED) is 0.409. The third-order valence-electron chi connectivity index (χ3n) is 2.48. The molecule has 3 amide bonds. The molecular formula is C10H17N3O5. The molecule has 102 valence electrons. The van der Waals surface area contributed by atoms with Crippen molar-refractivity contribution in [1.29, 1.82) is 0 Å². The third kappa shape index (κ3) is 5.92. The molecule has 1 rings (SSSR count). The molecule has 1 unspecified atom stereocenters. The van der Waals surface area contributed by atoms with Crippen molar-refractivity contribution in [1.82, 2.24) is 16.0 Å². The number of carboxylic acid groups (broad SMARTS) is 2. The Balaban J connectivity index is 2.31. The van der Waals surface area contributed by atoms with Crippen molar-refractivity contribution >= 4 is 18.1 Å². The summed E-state index contributed by atoms with van der Waals surface area (Å²) >= 11 is 0. The van der Waals surface area contributed by atoms with Gasteiger partial charge in [-0.2, -0.15) is 0 Å². The van der Waals surface area contributed by atoms with E-state index in [0.29, 0.717) is 6.42 Å². The Morgan fingerprint density at radius 2 is 1.83 bits per heavy atom. The lowest BCUT2D eigenvalue weighted by molar-refractivity contribution is -0.123. The minimum atomic E-state index is -1.27. The van der Waals surface area contributed by atoms with Gasteiger partial charge in [-0.05, 0) is 25.7 Å². The predicted molar refractivity (Wildman–Crippen MR) is 61.4 cm³/mol. The summed E-state index contributed by atoms with van der Waals surface area (Å²) in [5.74, 6) is -0.352. The van der Waals surface area contributed by atoms with Gasteiger partial charge in [0.25, 0.3) is 0 Å². The highest BCUT2D eigenvalue weighted by atomic mass is 16.4. The first kappa shape index (κ1) is 14.1. The number of hydrogen-bond acceptors (Lipinski definition) is 3. The van der Waals surface area contributed by atoms with Crippen molar-refractivity contribution in [3.05, 3.63) is 0 Å². The van der Waals surface area contributed by atoms with E-state index < -0.39 is 18.2 Å². The zero-order valence-electron chi connectivity index (χ0n) is 9.81. The second-order valence-corrected chi connectivity index (χ2v) is 4.16. The predicted octanol–water partition coefficient (Wildman–Crippen LogP) is -0.0510. The molecule has 1 aliphatic carbocycles. The highest BCUT2D eigenvalue weighted by Crippen LogP contribution is 2.18. The average molecular weight is 259 g/mol. The van der Waals surface area contributed by atoms with Crippen molar-refractivity contribution < 1.29 is 24.6 Å². The van der Waals surface area contributed by atoms with Crippen molar-refractivity contribution in [3.8, 4) is 0 Å². The van der Waals surface area contributed by atoms with Gasteiger partial charge in [-0.15, -0.1) is 0 Å². The van der Waals surface area contributed by atoms with Crippen LogP contribution in [0.25, 0.3) is 0 Å². The fraction of sp³-hybridized carbons (Fsp3) is 0.700. The number of carbonyl (C=O) groups is 3. The fourth-order valence-corrected chi connectivity index (χ4v) is 1.45. The molecule has 0 saturated heterocycles. The van der Waals surface area contributed by atoms with E-state index in [1.165, 1.54) is 0 Å². The zero-order chi connectivity index (χ0) is 13.5. The zero-order valence-corrected chi connectivity index (χ0v) is 9.81. The molecule has 0 bridgehead atoms. The first-order valence-electron chi connectivity index (χ1n) is 5.75. The van der Waals surface area contributed by atoms with Gasteiger partial charge < -0.3 is 26.2 Å². The van der Waals surface area contributed by atoms with E-state index in [4.69, 9.17) is 10.2 Å². The Morgan fingerprint density at radius 3 is 2.33 bits per heavy atom. The van der Waals surface area contributed by atoms with Crippen molar-refractivity contribution in [2.45, 2.75) is 37.8 Å². The van der Waals surface area contributed by atoms with Gasteiger partial charge in [0.15, 0.2) is 0 Å². The van der Waals surface area contributed by atoms with Crippen LogP contribution in [0.4, 0.5) is 9.59 Å². The van der Waals surface area contributed by atoms with Crippen LogP contribution >= 0.6 is 0 Å². The topological polar surface area (TPSA) is 128 Å². The molecule has 1 aliphatic rings. The maximum Gasteiger partial charge on any atom is 0.405 e. The van der Waals surface area contributed by atoms with Crippen LogP contribution in [0.1, 0.15) is 25.7 Å². The van der Waals surface area contributed by atoms with Crippen molar-refractivity contribution in [2.24, 2.45) is 0 Å². The molecular weight excluding hydrogens is 242 g/mol. The lowest BCUT2D eigenvalue weighted by Crippen LogP contribution is -2.47. The van der Waals surface area contributed by atoms with Gasteiger partial charge in [-0.3, -0.25) is 4.79 Å². The van der Waals surface area contributed by atoms with Crippen LogP contribution in [-0.2, 0) is 4.79 Å². The standard InChI is InChI=1S/C10H17N3O5/c14-8(12-6-3-4-6)7(13-10(17)18)2-1-5-11-9(15)16/h6-7,11,13H,1-5H2,(H,12,14)(H,15,16)(H,17,18). The second-order valence-electron chi connectivity index (χ2n) is 4.16. The normalized spacial score (nSPS) is 15.6. The van der Waals surface area contributed by atoms with Gasteiger partial charge in [-0.1, -0.05) is 0 Å². The second kappa shape index (κ2) is 6.67. The third-order valence-corrected chi connectivity index (χ3v) is 2.48. The summed E-state index contributed by atoms with van der Waals surface area (Å²) in [5, 5.41) is 24.0. The molecule has 8 nitrogen and oxygen atoms in total. The van der Waals surface area contributed by atoms with E-state index >= 15 is 0 Å². The van der Waals surface area contributed by atoms with Crippen LogP contribution in [-0.4, -0.2) is 46.9 Å². The smallest absolute Gasteiger partial charge is 0.405 e. The van der Waals surface area contributed by atoms with E-state index in [0.717, 1.165) is 12.8 Å². The summed E-state index contributed by atoms with van der Waals surface area (Å²) < 4.78 is 0. The monoisotopic (exact) mass is 259 g/mol. The summed E-state index contributed by atoms with van der Waals surface area (Å²) in [4.78, 5) is 32.4. The van der Waals surface area contributed by atoms with E-state index in [-0.39, 0.29) is 24.9 Å². The molecule has 0 aromatic rings. The molecule has 0 aliphatic heterocycles. The Bertz CT molecular complexity index is 329. The molecule has 18 heavy (non-hydrogen) atoms. The molecule has 1 fully saturated rings. The maximum atomic E-state index is 11.7. The molecule has 5 N–H and O–H groups in total. The Hall–Kier alpha value is -1.99. The highest BCUT2D eigenvalue weighted by molar-refractivity contribution is 5.85. The van der Waals surface area contributed by atoms with Crippen LogP contribution in [0.5, 0.6) is 0 Å². The first-order valence-corrected chi connectivity index (χ1v) is 5.75.